The van der Waals surface area contributed by atoms with E-state index in [0.29, 0.717) is 29.2 Å². The Labute approximate surface area is 189 Å². The van der Waals surface area contributed by atoms with E-state index < -0.39 is 0 Å². The van der Waals surface area contributed by atoms with Crippen molar-refractivity contribution in [2.45, 2.75) is 25.8 Å². The van der Waals surface area contributed by atoms with Crippen molar-refractivity contribution < 1.29 is 19.1 Å². The van der Waals surface area contributed by atoms with Gasteiger partial charge >= 0.3 is 6.03 Å². The normalized spacial score (nSPS) is 16.0. The average molecular weight is 441 g/mol. The highest BCUT2D eigenvalue weighted by Crippen LogP contribution is 2.24. The van der Waals surface area contributed by atoms with Gasteiger partial charge in [-0.3, -0.25) is 9.69 Å². The Morgan fingerprint density at radius 3 is 2.41 bits per heavy atom. The fourth-order valence-corrected chi connectivity index (χ4v) is 3.66. The Morgan fingerprint density at radius 2 is 1.75 bits per heavy atom. The molecule has 1 atom stereocenters. The summed E-state index contributed by atoms with van der Waals surface area (Å²) in [5.74, 6) is 0.335. The summed E-state index contributed by atoms with van der Waals surface area (Å²) >= 11 is 0. The first-order valence-electron chi connectivity index (χ1n) is 10.9. The predicted octanol–water partition coefficient (Wildman–Crippen LogP) is 3.57. The van der Waals surface area contributed by atoms with Gasteiger partial charge in [-0.1, -0.05) is 19.1 Å². The molecule has 3 amide bonds. The number of para-hydroxylation sites is 2. The number of morpholine rings is 1. The molecule has 3 N–H and O–H groups in total. The number of methoxy groups -OCH3 is 1. The van der Waals surface area contributed by atoms with Gasteiger partial charge in [0.1, 0.15) is 5.75 Å². The van der Waals surface area contributed by atoms with Crippen LogP contribution in [0, 0.1) is 0 Å². The van der Waals surface area contributed by atoms with Crippen LogP contribution in [0.4, 0.5) is 16.2 Å². The quantitative estimate of drug-likeness (QED) is 0.584. The van der Waals surface area contributed by atoms with Gasteiger partial charge in [0.05, 0.1) is 26.0 Å². The minimum atomic E-state index is -0.274. The molecular formula is C24H32N4O4. The average Bonchev–Trinajstić information content (AvgIpc) is 2.84. The first kappa shape index (κ1) is 23.6. The number of nitrogens with zero attached hydrogens (tertiary/aromatic N) is 1. The van der Waals surface area contributed by atoms with E-state index in [0.717, 1.165) is 32.7 Å². The summed E-state index contributed by atoms with van der Waals surface area (Å²) in [5, 5.41) is 8.64. The third kappa shape index (κ3) is 5.99. The van der Waals surface area contributed by atoms with Crippen LogP contribution in [0.3, 0.4) is 0 Å². The second kappa shape index (κ2) is 11.0. The molecule has 0 saturated carbocycles. The number of anilines is 2. The number of rotatable bonds is 8. The maximum absolute atomic E-state index is 12.5. The zero-order valence-electron chi connectivity index (χ0n) is 18.9. The lowest BCUT2D eigenvalue weighted by Gasteiger charge is -2.43. The molecule has 1 aliphatic rings. The molecule has 1 saturated heterocycles. The molecule has 0 aliphatic carbocycles. The van der Waals surface area contributed by atoms with Gasteiger partial charge in [0, 0.05) is 36.4 Å². The summed E-state index contributed by atoms with van der Waals surface area (Å²) in [4.78, 5) is 27.3. The third-order valence-electron chi connectivity index (χ3n) is 5.93. The summed E-state index contributed by atoms with van der Waals surface area (Å²) in [7, 11) is 1.56. The molecule has 0 spiro atoms. The second-order valence-electron chi connectivity index (χ2n) is 7.99. The minimum absolute atomic E-state index is 0.123. The van der Waals surface area contributed by atoms with Gasteiger partial charge in [-0.25, -0.2) is 4.79 Å². The van der Waals surface area contributed by atoms with E-state index in [1.807, 2.05) is 12.1 Å². The molecule has 0 unspecified atom stereocenters. The van der Waals surface area contributed by atoms with Gasteiger partial charge < -0.3 is 25.4 Å². The number of carbonyl (C=O) groups is 2. The van der Waals surface area contributed by atoms with Crippen molar-refractivity contribution in [3.8, 4) is 5.75 Å². The summed E-state index contributed by atoms with van der Waals surface area (Å²) in [6.07, 6.45) is 0.920. The standard InChI is InChI=1S/C24H32N4O4/c1-4-24(2,28-13-15-32-16-14-28)17-25-23(30)26-19-11-9-18(10-12-19)22(29)27-20-7-5-6-8-21(20)31-3/h5-12H,4,13-17H2,1-3H3,(H,27,29)(H2,25,26,30)/t24-/m1/s1. The lowest BCUT2D eigenvalue weighted by Crippen LogP contribution is -2.57. The largest absolute Gasteiger partial charge is 0.495 e. The van der Waals surface area contributed by atoms with Crippen LogP contribution in [-0.4, -0.2) is 62.3 Å². The number of benzene rings is 2. The van der Waals surface area contributed by atoms with E-state index in [2.05, 4.69) is 34.7 Å². The fraction of sp³-hybridized carbons (Fsp3) is 0.417. The van der Waals surface area contributed by atoms with Gasteiger partial charge in [0.15, 0.2) is 0 Å². The highest BCUT2D eigenvalue weighted by Gasteiger charge is 2.31. The summed E-state index contributed by atoms with van der Waals surface area (Å²) in [6.45, 7) is 8.00. The van der Waals surface area contributed by atoms with Crippen LogP contribution in [-0.2, 0) is 4.74 Å². The molecule has 1 heterocycles. The highest BCUT2D eigenvalue weighted by atomic mass is 16.5. The molecule has 1 fully saturated rings. The number of ether oxygens (including phenoxy) is 2. The van der Waals surface area contributed by atoms with Crippen molar-refractivity contribution in [1.82, 2.24) is 10.2 Å². The van der Waals surface area contributed by atoms with E-state index >= 15 is 0 Å². The number of nitrogens with one attached hydrogen (secondary N) is 3. The van der Waals surface area contributed by atoms with Crippen LogP contribution < -0.4 is 20.7 Å². The van der Waals surface area contributed by atoms with Gasteiger partial charge in [0.2, 0.25) is 0 Å². The van der Waals surface area contributed by atoms with E-state index in [1.54, 1.807) is 43.5 Å². The maximum Gasteiger partial charge on any atom is 0.319 e. The molecule has 2 aromatic rings. The monoisotopic (exact) mass is 440 g/mol. The first-order chi connectivity index (χ1) is 15.4. The first-order valence-corrected chi connectivity index (χ1v) is 10.9. The molecule has 8 heteroatoms. The lowest BCUT2D eigenvalue weighted by molar-refractivity contribution is -0.0163. The van der Waals surface area contributed by atoms with Crippen molar-refractivity contribution in [1.29, 1.82) is 0 Å². The van der Waals surface area contributed by atoms with E-state index in [4.69, 9.17) is 9.47 Å². The van der Waals surface area contributed by atoms with Crippen LogP contribution in [0.1, 0.15) is 30.6 Å². The molecule has 0 aromatic heterocycles. The Kier molecular flexibility index (Phi) is 8.08. The summed E-state index contributed by atoms with van der Waals surface area (Å²) < 4.78 is 10.7. The molecular weight excluding hydrogens is 408 g/mol. The van der Waals surface area contributed by atoms with Crippen LogP contribution in [0.2, 0.25) is 0 Å². The second-order valence-corrected chi connectivity index (χ2v) is 7.99. The Morgan fingerprint density at radius 1 is 1.06 bits per heavy atom. The zero-order valence-corrected chi connectivity index (χ0v) is 18.9. The highest BCUT2D eigenvalue weighted by molar-refractivity contribution is 6.05. The van der Waals surface area contributed by atoms with Crippen molar-refractivity contribution in [3.63, 3.8) is 0 Å². The number of amides is 3. The number of hydrogen-bond acceptors (Lipinski definition) is 5. The van der Waals surface area contributed by atoms with Crippen molar-refractivity contribution in [2.24, 2.45) is 0 Å². The van der Waals surface area contributed by atoms with Gasteiger partial charge in [-0.2, -0.15) is 0 Å². The zero-order chi connectivity index (χ0) is 23.0. The lowest BCUT2D eigenvalue weighted by atomic mass is 9.95. The summed E-state index contributed by atoms with van der Waals surface area (Å²) in [6, 6.07) is 13.7. The molecule has 2 aromatic carbocycles. The van der Waals surface area contributed by atoms with E-state index in [1.165, 1.54) is 0 Å². The molecule has 0 bridgehead atoms. The Hall–Kier alpha value is -3.10. The number of hydrogen-bond donors (Lipinski definition) is 3. The van der Waals surface area contributed by atoms with Crippen molar-refractivity contribution in [2.75, 3.05) is 50.6 Å². The van der Waals surface area contributed by atoms with Crippen LogP contribution >= 0.6 is 0 Å². The van der Waals surface area contributed by atoms with Crippen molar-refractivity contribution >= 4 is 23.3 Å². The molecule has 8 nitrogen and oxygen atoms in total. The number of urea groups is 1. The van der Waals surface area contributed by atoms with Gasteiger partial charge in [-0.05, 0) is 49.7 Å². The van der Waals surface area contributed by atoms with Crippen molar-refractivity contribution in [3.05, 3.63) is 54.1 Å². The Bertz CT molecular complexity index is 912. The summed E-state index contributed by atoms with van der Waals surface area (Å²) in [5.41, 5.74) is 1.57. The predicted molar refractivity (Wildman–Crippen MR) is 125 cm³/mol. The van der Waals surface area contributed by atoms with E-state index in [9.17, 15) is 9.59 Å². The SMILES string of the molecule is CC[C@](C)(CNC(=O)Nc1ccc(C(=O)Nc2ccccc2OC)cc1)N1CCOCC1. The van der Waals surface area contributed by atoms with E-state index in [-0.39, 0.29) is 17.5 Å². The maximum atomic E-state index is 12.5. The molecule has 32 heavy (non-hydrogen) atoms. The van der Waals surface area contributed by atoms with Crippen LogP contribution in [0.15, 0.2) is 48.5 Å². The minimum Gasteiger partial charge on any atom is -0.495 e. The molecule has 1 aliphatic heterocycles. The molecule has 3 rings (SSSR count). The Balaban J connectivity index is 1.53. The molecule has 172 valence electrons. The molecule has 0 radical (unpaired) electrons. The topological polar surface area (TPSA) is 91.9 Å². The smallest absolute Gasteiger partial charge is 0.319 e. The van der Waals surface area contributed by atoms with Crippen LogP contribution in [0.25, 0.3) is 0 Å². The van der Waals surface area contributed by atoms with Gasteiger partial charge in [0.25, 0.3) is 5.91 Å². The van der Waals surface area contributed by atoms with Crippen LogP contribution in [0.5, 0.6) is 5.75 Å². The number of carbonyl (C=O) groups excluding carboxylic acids is 2. The van der Waals surface area contributed by atoms with Gasteiger partial charge in [-0.15, -0.1) is 0 Å². The fourth-order valence-electron chi connectivity index (χ4n) is 3.66. The third-order valence-corrected chi connectivity index (χ3v) is 5.93.